The molecule has 116 valence electrons. The Balaban J connectivity index is 1.53. The Labute approximate surface area is 138 Å². The van der Waals surface area contributed by atoms with Gasteiger partial charge >= 0.3 is 0 Å². The number of carbonyl (C=O) groups is 1. The largest absolute Gasteiger partial charge is 0.467 e. The van der Waals surface area contributed by atoms with Gasteiger partial charge in [0.15, 0.2) is 0 Å². The van der Waals surface area contributed by atoms with Crippen molar-refractivity contribution in [2.24, 2.45) is 5.92 Å². The highest BCUT2D eigenvalue weighted by atomic mass is 35.5. The van der Waals surface area contributed by atoms with E-state index >= 15 is 0 Å². The lowest BCUT2D eigenvalue weighted by Crippen LogP contribution is -2.29. The molecule has 0 aliphatic heterocycles. The summed E-state index contributed by atoms with van der Waals surface area (Å²) in [5.41, 5.74) is 1.01. The van der Waals surface area contributed by atoms with Gasteiger partial charge in [0, 0.05) is 5.92 Å². The van der Waals surface area contributed by atoms with Crippen LogP contribution in [0.5, 0.6) is 0 Å². The first-order valence-electron chi connectivity index (χ1n) is 7.00. The van der Waals surface area contributed by atoms with Gasteiger partial charge in [-0.05, 0) is 42.2 Å². The molecule has 1 amide bonds. The number of nitrogens with one attached hydrogen (secondary N) is 1. The molecule has 3 unspecified atom stereocenters. The molecule has 1 aromatic heterocycles. The zero-order chi connectivity index (χ0) is 15.7. The first-order valence-corrected chi connectivity index (χ1v) is 7.76. The van der Waals surface area contributed by atoms with Gasteiger partial charge in [0.05, 0.1) is 22.9 Å². The zero-order valence-electron chi connectivity index (χ0n) is 11.6. The van der Waals surface area contributed by atoms with Gasteiger partial charge < -0.3 is 14.8 Å². The lowest BCUT2D eigenvalue weighted by molar-refractivity contribution is -0.122. The van der Waals surface area contributed by atoms with Gasteiger partial charge in [-0.25, -0.2) is 0 Å². The molecule has 1 aliphatic carbocycles. The quantitative estimate of drug-likeness (QED) is 0.875. The third kappa shape index (κ3) is 3.29. The molecule has 1 heterocycles. The highest BCUT2D eigenvalue weighted by Gasteiger charge is 2.44. The number of benzene rings is 1. The molecule has 3 rings (SSSR count). The number of carbonyl (C=O) groups excluding carboxylic acids is 1. The van der Waals surface area contributed by atoms with Crippen molar-refractivity contribution in [3.8, 4) is 0 Å². The molecule has 2 aromatic rings. The van der Waals surface area contributed by atoms with E-state index in [1.165, 1.54) is 6.26 Å². The average molecular weight is 340 g/mol. The van der Waals surface area contributed by atoms with Crippen LogP contribution >= 0.6 is 23.2 Å². The summed E-state index contributed by atoms with van der Waals surface area (Å²) >= 11 is 11.9. The predicted molar refractivity (Wildman–Crippen MR) is 84.0 cm³/mol. The van der Waals surface area contributed by atoms with Crippen LogP contribution in [0.3, 0.4) is 0 Å². The zero-order valence-corrected chi connectivity index (χ0v) is 13.1. The molecule has 1 aromatic carbocycles. The van der Waals surface area contributed by atoms with Crippen LogP contribution in [0.15, 0.2) is 41.0 Å². The highest BCUT2D eigenvalue weighted by molar-refractivity contribution is 6.42. The third-order valence-electron chi connectivity index (χ3n) is 3.84. The Hall–Kier alpha value is -1.49. The summed E-state index contributed by atoms with van der Waals surface area (Å²) < 4.78 is 5.09. The van der Waals surface area contributed by atoms with Gasteiger partial charge in [-0.15, -0.1) is 0 Å². The summed E-state index contributed by atoms with van der Waals surface area (Å²) in [6.07, 6.45) is 1.43. The van der Waals surface area contributed by atoms with E-state index in [-0.39, 0.29) is 24.3 Å². The third-order valence-corrected chi connectivity index (χ3v) is 4.58. The second-order valence-corrected chi connectivity index (χ2v) is 6.21. The molecule has 3 atom stereocenters. The van der Waals surface area contributed by atoms with Crippen LogP contribution in [0.25, 0.3) is 0 Å². The molecule has 6 heteroatoms. The number of rotatable bonds is 5. The maximum absolute atomic E-state index is 12.1. The van der Waals surface area contributed by atoms with Gasteiger partial charge in [-0.2, -0.15) is 0 Å². The SMILES string of the molecule is O=C(NCC(O)c1ccco1)C1CC1c1ccc(Cl)c(Cl)c1. The predicted octanol–water partition coefficient (Wildman–Crippen LogP) is 3.54. The van der Waals surface area contributed by atoms with Crippen molar-refractivity contribution in [2.75, 3.05) is 6.54 Å². The molecular weight excluding hydrogens is 325 g/mol. The minimum absolute atomic E-state index is 0.0679. The van der Waals surface area contributed by atoms with Crippen LogP contribution in [0.2, 0.25) is 10.0 Å². The first kappa shape index (κ1) is 15.4. The van der Waals surface area contributed by atoms with Gasteiger partial charge in [0.25, 0.3) is 0 Å². The van der Waals surface area contributed by atoms with E-state index in [4.69, 9.17) is 27.6 Å². The Morgan fingerprint density at radius 3 is 2.86 bits per heavy atom. The van der Waals surface area contributed by atoms with Crippen LogP contribution in [0, 0.1) is 5.92 Å². The fourth-order valence-electron chi connectivity index (χ4n) is 2.51. The van der Waals surface area contributed by atoms with Crippen molar-refractivity contribution >= 4 is 29.1 Å². The molecule has 0 spiro atoms. The molecule has 1 aliphatic rings. The fourth-order valence-corrected chi connectivity index (χ4v) is 2.81. The topological polar surface area (TPSA) is 62.5 Å². The Morgan fingerprint density at radius 2 is 2.18 bits per heavy atom. The lowest BCUT2D eigenvalue weighted by Gasteiger charge is -2.09. The summed E-state index contributed by atoms with van der Waals surface area (Å²) in [7, 11) is 0. The lowest BCUT2D eigenvalue weighted by atomic mass is 10.1. The van der Waals surface area contributed by atoms with E-state index < -0.39 is 6.10 Å². The Morgan fingerprint density at radius 1 is 1.36 bits per heavy atom. The number of furan rings is 1. The molecule has 0 bridgehead atoms. The average Bonchev–Trinajstić information content (AvgIpc) is 3.12. The maximum Gasteiger partial charge on any atom is 0.223 e. The van der Waals surface area contributed by atoms with Crippen LogP contribution in [0.1, 0.15) is 29.8 Å². The number of hydrogen-bond acceptors (Lipinski definition) is 3. The van der Waals surface area contributed by atoms with Crippen molar-refractivity contribution in [1.29, 1.82) is 0 Å². The highest BCUT2D eigenvalue weighted by Crippen LogP contribution is 2.48. The van der Waals surface area contributed by atoms with Crippen LogP contribution in [0.4, 0.5) is 0 Å². The van der Waals surface area contributed by atoms with Crippen LogP contribution < -0.4 is 5.32 Å². The minimum Gasteiger partial charge on any atom is -0.467 e. The molecular formula is C16H15Cl2NO3. The van der Waals surface area contributed by atoms with E-state index in [2.05, 4.69) is 5.32 Å². The molecule has 4 nitrogen and oxygen atoms in total. The fraction of sp³-hybridized carbons (Fsp3) is 0.312. The normalized spacial score (nSPS) is 21.4. The van der Waals surface area contributed by atoms with E-state index in [9.17, 15) is 9.90 Å². The summed E-state index contributed by atoms with van der Waals surface area (Å²) in [4.78, 5) is 12.1. The number of aliphatic hydroxyl groups excluding tert-OH is 1. The Bertz CT molecular complexity index is 672. The van der Waals surface area contributed by atoms with E-state index in [0.29, 0.717) is 15.8 Å². The molecule has 2 N–H and O–H groups in total. The smallest absolute Gasteiger partial charge is 0.223 e. The minimum atomic E-state index is -0.832. The standard InChI is InChI=1S/C16H15Cl2NO3/c17-12-4-3-9(6-13(12)18)10-7-11(10)16(21)19-8-14(20)15-2-1-5-22-15/h1-6,10-11,14,20H,7-8H2,(H,19,21). The van der Waals surface area contributed by atoms with Gasteiger partial charge in [0.2, 0.25) is 5.91 Å². The van der Waals surface area contributed by atoms with Crippen molar-refractivity contribution < 1.29 is 14.3 Å². The number of hydrogen-bond donors (Lipinski definition) is 2. The number of aliphatic hydroxyl groups is 1. The van der Waals surface area contributed by atoms with Crippen molar-refractivity contribution in [3.63, 3.8) is 0 Å². The molecule has 1 fully saturated rings. The molecule has 0 saturated heterocycles. The van der Waals surface area contributed by atoms with Crippen molar-refractivity contribution in [3.05, 3.63) is 58.0 Å². The maximum atomic E-state index is 12.1. The Kier molecular flexibility index (Phi) is 4.43. The second-order valence-electron chi connectivity index (χ2n) is 5.40. The summed E-state index contributed by atoms with van der Waals surface area (Å²) in [6.45, 7) is 0.136. The van der Waals surface area contributed by atoms with E-state index in [0.717, 1.165) is 12.0 Å². The van der Waals surface area contributed by atoms with Gasteiger partial charge in [-0.1, -0.05) is 29.3 Å². The van der Waals surface area contributed by atoms with E-state index in [1.807, 2.05) is 6.07 Å². The molecule has 22 heavy (non-hydrogen) atoms. The van der Waals surface area contributed by atoms with Crippen LogP contribution in [-0.2, 0) is 4.79 Å². The second kappa shape index (κ2) is 6.32. The van der Waals surface area contributed by atoms with Gasteiger partial charge in [0.1, 0.15) is 11.9 Å². The van der Waals surface area contributed by atoms with Crippen LogP contribution in [-0.4, -0.2) is 17.6 Å². The first-order chi connectivity index (χ1) is 10.6. The molecule has 0 radical (unpaired) electrons. The van der Waals surface area contributed by atoms with Crippen molar-refractivity contribution in [2.45, 2.75) is 18.4 Å². The number of halogens is 2. The molecule has 1 saturated carbocycles. The summed E-state index contributed by atoms with van der Waals surface area (Å²) in [5, 5.41) is 13.6. The summed E-state index contributed by atoms with van der Waals surface area (Å²) in [6, 6.07) is 8.81. The van der Waals surface area contributed by atoms with Crippen molar-refractivity contribution in [1.82, 2.24) is 5.32 Å². The van der Waals surface area contributed by atoms with E-state index in [1.54, 1.807) is 24.3 Å². The van der Waals surface area contributed by atoms with Gasteiger partial charge in [-0.3, -0.25) is 4.79 Å². The number of amides is 1. The summed E-state index contributed by atoms with van der Waals surface area (Å²) in [5.74, 6) is 0.454. The monoisotopic (exact) mass is 339 g/mol.